The molecule has 0 aliphatic carbocycles. The van der Waals surface area contributed by atoms with Crippen LogP contribution in [-0.2, 0) is 19.1 Å². The third kappa shape index (κ3) is 4.01. The molecule has 0 radical (unpaired) electrons. The molecule has 0 heterocycles. The van der Waals surface area contributed by atoms with E-state index in [-0.39, 0.29) is 6.61 Å². The molecule has 1 unspecified atom stereocenters. The Balaban J connectivity index is 4.17. The fraction of sp³-hybridized carbons (Fsp3) is 0.500. The minimum atomic E-state index is -1.41. The highest BCUT2D eigenvalue weighted by Gasteiger charge is 2.28. The first kappa shape index (κ1) is 12.6. The lowest BCUT2D eigenvalue weighted by molar-refractivity contribution is -0.168. The van der Waals surface area contributed by atoms with E-state index in [0.717, 1.165) is 0 Å². The molecular formula is C8H12O6. The summed E-state index contributed by atoms with van der Waals surface area (Å²) in [5, 5.41) is 16.9. The second-order valence-electron chi connectivity index (χ2n) is 2.25. The first-order valence-electron chi connectivity index (χ1n) is 3.83. The molecule has 1 atom stereocenters. The maximum atomic E-state index is 11.0. The van der Waals surface area contributed by atoms with Gasteiger partial charge in [-0.2, -0.15) is 0 Å². The summed E-state index contributed by atoms with van der Waals surface area (Å²) in [6, 6.07) is 0. The maximum absolute atomic E-state index is 11.0. The van der Waals surface area contributed by atoms with Gasteiger partial charge < -0.3 is 19.7 Å². The summed E-state index contributed by atoms with van der Waals surface area (Å²) in [6.45, 7) is 1.68. The van der Waals surface area contributed by atoms with Crippen molar-refractivity contribution in [3.63, 3.8) is 0 Å². The Labute approximate surface area is 80.7 Å². The molecule has 14 heavy (non-hydrogen) atoms. The first-order chi connectivity index (χ1) is 6.67. The quantitative estimate of drug-likeness (QED) is 0.245. The van der Waals surface area contributed by atoms with Gasteiger partial charge in [-0.3, -0.25) is 9.59 Å². The smallest absolute Gasteiger partial charge is 0.324 e. The highest BCUT2D eigenvalue weighted by molar-refractivity contribution is 5.95. The van der Waals surface area contributed by atoms with Gasteiger partial charge in [0.25, 0.3) is 0 Å². The Morgan fingerprint density at radius 3 is 2.29 bits per heavy atom. The summed E-state index contributed by atoms with van der Waals surface area (Å²) in [4.78, 5) is 21.9. The fourth-order valence-electron chi connectivity index (χ4n) is 0.651. The number of rotatable bonds is 6. The van der Waals surface area contributed by atoms with E-state index in [4.69, 9.17) is 10.2 Å². The van der Waals surface area contributed by atoms with Crippen LogP contribution in [0.15, 0.2) is 12.7 Å². The molecule has 80 valence electrons. The number of esters is 2. The molecule has 0 rings (SSSR count). The molecule has 0 aromatic carbocycles. The Bertz CT molecular complexity index is 212. The van der Waals surface area contributed by atoms with Gasteiger partial charge in [-0.1, -0.05) is 12.7 Å². The molecule has 0 aromatic rings. The molecule has 0 aliphatic rings. The average molecular weight is 204 g/mol. The van der Waals surface area contributed by atoms with Crippen LogP contribution >= 0.6 is 0 Å². The molecular weight excluding hydrogens is 192 g/mol. The maximum Gasteiger partial charge on any atom is 0.324 e. The zero-order valence-electron chi connectivity index (χ0n) is 7.51. The van der Waals surface area contributed by atoms with Crippen molar-refractivity contribution in [1.82, 2.24) is 0 Å². The van der Waals surface area contributed by atoms with Gasteiger partial charge in [0.15, 0.2) is 12.7 Å². The van der Waals surface area contributed by atoms with E-state index in [1.54, 1.807) is 0 Å². The van der Waals surface area contributed by atoms with E-state index in [2.05, 4.69) is 16.1 Å². The van der Waals surface area contributed by atoms with Gasteiger partial charge in [-0.15, -0.1) is 0 Å². The molecule has 6 heteroatoms. The van der Waals surface area contributed by atoms with Crippen LogP contribution in [0.1, 0.15) is 0 Å². The van der Waals surface area contributed by atoms with Crippen LogP contribution < -0.4 is 0 Å². The summed E-state index contributed by atoms with van der Waals surface area (Å²) < 4.78 is 8.64. The van der Waals surface area contributed by atoms with Crippen LogP contribution in [-0.4, -0.2) is 42.2 Å². The zero-order valence-corrected chi connectivity index (χ0v) is 7.51. The number of aliphatic hydroxyl groups is 2. The third-order valence-electron chi connectivity index (χ3n) is 1.30. The molecule has 0 spiro atoms. The van der Waals surface area contributed by atoms with Gasteiger partial charge in [0.2, 0.25) is 0 Å². The van der Waals surface area contributed by atoms with Crippen molar-refractivity contribution in [2.45, 2.75) is 0 Å². The minimum Gasteiger partial charge on any atom is -0.461 e. The van der Waals surface area contributed by atoms with Crippen molar-refractivity contribution in [2.75, 3.05) is 20.0 Å². The van der Waals surface area contributed by atoms with E-state index < -0.39 is 31.3 Å². The predicted octanol–water partition coefficient (Wildman–Crippen LogP) is -1.18. The van der Waals surface area contributed by atoms with E-state index in [0.29, 0.717) is 0 Å². The zero-order chi connectivity index (χ0) is 11.0. The van der Waals surface area contributed by atoms with Crippen LogP contribution in [0, 0.1) is 5.92 Å². The monoisotopic (exact) mass is 204 g/mol. The molecule has 0 fully saturated rings. The van der Waals surface area contributed by atoms with E-state index in [1.165, 1.54) is 6.08 Å². The van der Waals surface area contributed by atoms with Crippen LogP contribution in [0.25, 0.3) is 0 Å². The highest BCUT2D eigenvalue weighted by Crippen LogP contribution is 2.02. The van der Waals surface area contributed by atoms with Gasteiger partial charge >= 0.3 is 11.9 Å². The van der Waals surface area contributed by atoms with E-state index in [9.17, 15) is 9.59 Å². The molecule has 0 amide bonds. The van der Waals surface area contributed by atoms with Crippen molar-refractivity contribution >= 4 is 11.9 Å². The Kier molecular flexibility index (Phi) is 6.34. The second kappa shape index (κ2) is 7.05. The van der Waals surface area contributed by atoms with Crippen LogP contribution in [0.5, 0.6) is 0 Å². The normalized spacial score (nSPS) is 11.6. The van der Waals surface area contributed by atoms with Crippen LogP contribution in [0.2, 0.25) is 0 Å². The Hall–Kier alpha value is -1.40. The van der Waals surface area contributed by atoms with Crippen molar-refractivity contribution in [2.24, 2.45) is 5.92 Å². The van der Waals surface area contributed by atoms with Gasteiger partial charge in [0.1, 0.15) is 6.61 Å². The van der Waals surface area contributed by atoms with Crippen molar-refractivity contribution in [3.05, 3.63) is 12.7 Å². The number of ether oxygens (including phenoxy) is 2. The molecule has 0 aliphatic heterocycles. The van der Waals surface area contributed by atoms with E-state index in [1.807, 2.05) is 0 Å². The molecule has 0 saturated heterocycles. The minimum absolute atomic E-state index is 0.0538. The fourth-order valence-corrected chi connectivity index (χ4v) is 0.651. The SMILES string of the molecule is C=CCOC(=O)C(CO)C(=O)OCO. The van der Waals surface area contributed by atoms with E-state index >= 15 is 0 Å². The van der Waals surface area contributed by atoms with Crippen LogP contribution in [0.3, 0.4) is 0 Å². The standard InChI is InChI=1S/C8H12O6/c1-2-3-13-7(11)6(4-9)8(12)14-5-10/h2,6,9-10H,1,3-5H2. The molecule has 0 aromatic heterocycles. The average Bonchev–Trinajstić information content (AvgIpc) is 2.16. The molecule has 0 saturated carbocycles. The summed E-state index contributed by atoms with van der Waals surface area (Å²) in [5.74, 6) is -3.35. The molecule has 0 bridgehead atoms. The summed E-state index contributed by atoms with van der Waals surface area (Å²) >= 11 is 0. The Morgan fingerprint density at radius 2 is 1.86 bits per heavy atom. The van der Waals surface area contributed by atoms with Crippen molar-refractivity contribution in [1.29, 1.82) is 0 Å². The highest BCUT2D eigenvalue weighted by atomic mass is 16.6. The van der Waals surface area contributed by atoms with Gasteiger partial charge in [-0.25, -0.2) is 0 Å². The van der Waals surface area contributed by atoms with Gasteiger partial charge in [-0.05, 0) is 0 Å². The van der Waals surface area contributed by atoms with Gasteiger partial charge in [0.05, 0.1) is 6.61 Å². The van der Waals surface area contributed by atoms with Crippen LogP contribution in [0.4, 0.5) is 0 Å². The van der Waals surface area contributed by atoms with Crippen molar-refractivity contribution < 1.29 is 29.3 Å². The summed E-state index contributed by atoms with van der Waals surface area (Å²) in [6.07, 6.45) is 1.32. The molecule has 2 N–H and O–H groups in total. The number of hydrogen-bond acceptors (Lipinski definition) is 6. The topological polar surface area (TPSA) is 93.1 Å². The lowest BCUT2D eigenvalue weighted by atomic mass is 10.2. The molecule has 6 nitrogen and oxygen atoms in total. The van der Waals surface area contributed by atoms with Gasteiger partial charge in [0, 0.05) is 0 Å². The largest absolute Gasteiger partial charge is 0.461 e. The summed E-state index contributed by atoms with van der Waals surface area (Å²) in [7, 11) is 0. The van der Waals surface area contributed by atoms with Crippen molar-refractivity contribution in [3.8, 4) is 0 Å². The lowest BCUT2D eigenvalue weighted by Gasteiger charge is -2.10. The lowest BCUT2D eigenvalue weighted by Crippen LogP contribution is -2.31. The number of aliphatic hydroxyl groups excluding tert-OH is 2. The number of hydrogen-bond donors (Lipinski definition) is 2. The predicted molar refractivity (Wildman–Crippen MR) is 44.9 cm³/mol. The second-order valence-corrected chi connectivity index (χ2v) is 2.25. The summed E-state index contributed by atoms with van der Waals surface area (Å²) in [5.41, 5.74) is 0. The number of carbonyl (C=O) groups is 2. The first-order valence-corrected chi connectivity index (χ1v) is 3.83. The number of carbonyl (C=O) groups excluding carboxylic acids is 2. The Morgan fingerprint density at radius 1 is 1.29 bits per heavy atom. The third-order valence-corrected chi connectivity index (χ3v) is 1.30.